The van der Waals surface area contributed by atoms with Crippen molar-refractivity contribution in [2.24, 2.45) is 0 Å². The van der Waals surface area contributed by atoms with Gasteiger partial charge < -0.3 is 5.32 Å². The van der Waals surface area contributed by atoms with Crippen LogP contribution in [0.2, 0.25) is 0 Å². The van der Waals surface area contributed by atoms with E-state index >= 15 is 0 Å². The van der Waals surface area contributed by atoms with Crippen LogP contribution in [-0.2, 0) is 11.2 Å². The molecule has 0 radical (unpaired) electrons. The zero-order valence-corrected chi connectivity index (χ0v) is 12.4. The summed E-state index contributed by atoms with van der Waals surface area (Å²) in [5.41, 5.74) is 1.40. The van der Waals surface area contributed by atoms with Crippen molar-refractivity contribution in [3.63, 3.8) is 0 Å². The van der Waals surface area contributed by atoms with Gasteiger partial charge in [-0.05, 0) is 17.7 Å². The van der Waals surface area contributed by atoms with E-state index in [0.717, 1.165) is 10.5 Å². The molecule has 0 fully saturated rings. The first-order valence-electron chi connectivity index (χ1n) is 7.28. The lowest BCUT2D eigenvalue weighted by molar-refractivity contribution is -0.120. The smallest absolute Gasteiger partial charge is 0.280 e. The number of carbonyl (C=O) groups is 3. The molecule has 0 saturated carbocycles. The Kier molecular flexibility index (Phi) is 4.14. The standard InChI is InChI=1S/C17H15N3O3/c21-14(11-12-5-2-1-3-6-12)18-9-10-20-16(22)13-7-4-8-19-15(13)17(20)23/h1-8H,9-11H2,(H,18,21). The fourth-order valence-corrected chi connectivity index (χ4v) is 2.47. The van der Waals surface area contributed by atoms with Gasteiger partial charge in [-0.1, -0.05) is 30.3 Å². The SMILES string of the molecule is O=C(Cc1ccccc1)NCCN1C(=O)c2cccnc2C1=O. The Morgan fingerprint density at radius 3 is 2.57 bits per heavy atom. The summed E-state index contributed by atoms with van der Waals surface area (Å²) >= 11 is 0. The van der Waals surface area contributed by atoms with Crippen LogP contribution in [0, 0.1) is 0 Å². The van der Waals surface area contributed by atoms with Gasteiger partial charge in [0.1, 0.15) is 5.69 Å². The molecule has 0 saturated heterocycles. The molecule has 1 aliphatic rings. The Hall–Kier alpha value is -3.02. The molecule has 2 aromatic rings. The number of rotatable bonds is 5. The molecule has 3 rings (SSSR count). The van der Waals surface area contributed by atoms with Crippen LogP contribution in [0.1, 0.15) is 26.4 Å². The maximum atomic E-state index is 12.1. The van der Waals surface area contributed by atoms with E-state index in [1.54, 1.807) is 12.1 Å². The van der Waals surface area contributed by atoms with Gasteiger partial charge in [-0.2, -0.15) is 0 Å². The number of benzene rings is 1. The molecule has 2 heterocycles. The predicted molar refractivity (Wildman–Crippen MR) is 82.8 cm³/mol. The van der Waals surface area contributed by atoms with E-state index in [-0.39, 0.29) is 37.0 Å². The summed E-state index contributed by atoms with van der Waals surface area (Å²) in [6.45, 7) is 0.353. The highest BCUT2D eigenvalue weighted by Gasteiger charge is 2.36. The van der Waals surface area contributed by atoms with Gasteiger partial charge in [0, 0.05) is 19.3 Å². The zero-order chi connectivity index (χ0) is 16.2. The highest BCUT2D eigenvalue weighted by Crippen LogP contribution is 2.19. The summed E-state index contributed by atoms with van der Waals surface area (Å²) in [5.74, 6) is -0.927. The lowest BCUT2D eigenvalue weighted by Crippen LogP contribution is -2.38. The Labute approximate surface area is 133 Å². The number of nitrogens with one attached hydrogen (secondary N) is 1. The van der Waals surface area contributed by atoms with Crippen LogP contribution in [0.15, 0.2) is 48.7 Å². The van der Waals surface area contributed by atoms with Gasteiger partial charge in [-0.3, -0.25) is 24.3 Å². The summed E-state index contributed by atoms with van der Waals surface area (Å²) in [5, 5.41) is 2.72. The number of pyridine rings is 1. The minimum Gasteiger partial charge on any atom is -0.354 e. The minimum absolute atomic E-state index is 0.133. The van der Waals surface area contributed by atoms with Crippen LogP contribution in [0.4, 0.5) is 0 Å². The molecule has 0 atom stereocenters. The van der Waals surface area contributed by atoms with Crippen molar-refractivity contribution in [2.75, 3.05) is 13.1 Å². The lowest BCUT2D eigenvalue weighted by atomic mass is 10.1. The van der Waals surface area contributed by atoms with Crippen molar-refractivity contribution < 1.29 is 14.4 Å². The monoisotopic (exact) mass is 309 g/mol. The third-order valence-corrected chi connectivity index (χ3v) is 3.60. The van der Waals surface area contributed by atoms with Crippen LogP contribution < -0.4 is 5.32 Å². The number of imide groups is 1. The first kappa shape index (κ1) is 14.9. The summed E-state index contributed by atoms with van der Waals surface area (Å²) in [4.78, 5) is 41.1. The van der Waals surface area contributed by atoms with Gasteiger partial charge in [-0.25, -0.2) is 0 Å². The highest BCUT2D eigenvalue weighted by atomic mass is 16.2. The fourth-order valence-electron chi connectivity index (χ4n) is 2.47. The van der Waals surface area contributed by atoms with Crippen LogP contribution in [0.3, 0.4) is 0 Å². The molecular formula is C17H15N3O3. The number of nitrogens with zero attached hydrogens (tertiary/aromatic N) is 2. The molecule has 0 aliphatic carbocycles. The largest absolute Gasteiger partial charge is 0.354 e. The van der Waals surface area contributed by atoms with Crippen molar-refractivity contribution in [1.82, 2.24) is 15.2 Å². The van der Waals surface area contributed by atoms with Gasteiger partial charge in [-0.15, -0.1) is 0 Å². The van der Waals surface area contributed by atoms with E-state index in [0.29, 0.717) is 5.56 Å². The minimum atomic E-state index is -0.414. The number of hydrogen-bond acceptors (Lipinski definition) is 4. The van der Waals surface area contributed by atoms with Gasteiger partial charge >= 0.3 is 0 Å². The predicted octanol–water partition coefficient (Wildman–Crippen LogP) is 1.04. The van der Waals surface area contributed by atoms with Crippen LogP contribution >= 0.6 is 0 Å². The second-order valence-electron chi connectivity index (χ2n) is 5.17. The maximum Gasteiger partial charge on any atom is 0.280 e. The molecule has 3 amide bonds. The molecule has 0 unspecified atom stereocenters. The second kappa shape index (κ2) is 6.39. The van der Waals surface area contributed by atoms with E-state index in [9.17, 15) is 14.4 Å². The normalized spacial score (nSPS) is 13.1. The van der Waals surface area contributed by atoms with E-state index in [2.05, 4.69) is 10.3 Å². The van der Waals surface area contributed by atoms with Gasteiger partial charge in [0.15, 0.2) is 0 Å². The molecule has 1 N–H and O–H groups in total. The number of amides is 3. The number of aromatic nitrogens is 1. The molecule has 1 aliphatic heterocycles. The van der Waals surface area contributed by atoms with Crippen molar-refractivity contribution in [2.45, 2.75) is 6.42 Å². The van der Waals surface area contributed by atoms with Crippen molar-refractivity contribution >= 4 is 17.7 Å². The number of hydrogen-bond donors (Lipinski definition) is 1. The molecule has 0 bridgehead atoms. The Morgan fingerprint density at radius 2 is 1.83 bits per heavy atom. The van der Waals surface area contributed by atoms with Crippen LogP contribution in [-0.4, -0.2) is 40.7 Å². The Balaban J connectivity index is 1.53. The molecule has 116 valence electrons. The zero-order valence-electron chi connectivity index (χ0n) is 12.4. The van der Waals surface area contributed by atoms with Crippen LogP contribution in [0.5, 0.6) is 0 Å². The third-order valence-electron chi connectivity index (χ3n) is 3.60. The van der Waals surface area contributed by atoms with Crippen molar-refractivity contribution in [3.05, 3.63) is 65.5 Å². The van der Waals surface area contributed by atoms with Crippen LogP contribution in [0.25, 0.3) is 0 Å². The average molecular weight is 309 g/mol. The molecule has 0 spiro atoms. The summed E-state index contributed by atoms with van der Waals surface area (Å²) < 4.78 is 0. The number of carbonyl (C=O) groups excluding carboxylic acids is 3. The average Bonchev–Trinajstić information content (AvgIpc) is 2.81. The summed E-state index contributed by atoms with van der Waals surface area (Å²) in [6, 6.07) is 12.6. The number of fused-ring (bicyclic) bond motifs is 1. The van der Waals surface area contributed by atoms with E-state index in [4.69, 9.17) is 0 Å². The van der Waals surface area contributed by atoms with E-state index in [1.807, 2.05) is 30.3 Å². The molecular weight excluding hydrogens is 294 g/mol. The molecule has 1 aromatic carbocycles. The first-order chi connectivity index (χ1) is 11.2. The van der Waals surface area contributed by atoms with Crippen molar-refractivity contribution in [1.29, 1.82) is 0 Å². The quantitative estimate of drug-likeness (QED) is 0.837. The van der Waals surface area contributed by atoms with Gasteiger partial charge in [0.05, 0.1) is 12.0 Å². The molecule has 23 heavy (non-hydrogen) atoms. The highest BCUT2D eigenvalue weighted by molar-refractivity contribution is 6.20. The molecule has 6 heteroatoms. The fraction of sp³-hybridized carbons (Fsp3) is 0.176. The second-order valence-corrected chi connectivity index (χ2v) is 5.17. The van der Waals surface area contributed by atoms with Crippen molar-refractivity contribution in [3.8, 4) is 0 Å². The molecule has 6 nitrogen and oxygen atoms in total. The Morgan fingerprint density at radius 1 is 1.04 bits per heavy atom. The van der Waals surface area contributed by atoms with Gasteiger partial charge in [0.25, 0.3) is 11.8 Å². The summed E-state index contributed by atoms with van der Waals surface area (Å²) in [6.07, 6.45) is 1.75. The lowest BCUT2D eigenvalue weighted by Gasteiger charge is -2.13. The Bertz CT molecular complexity index is 724. The van der Waals surface area contributed by atoms with E-state index in [1.165, 1.54) is 6.20 Å². The first-order valence-corrected chi connectivity index (χ1v) is 7.28. The topological polar surface area (TPSA) is 79.4 Å². The third kappa shape index (κ3) is 3.11. The maximum absolute atomic E-state index is 12.1. The van der Waals surface area contributed by atoms with Gasteiger partial charge in [0.2, 0.25) is 5.91 Å². The summed E-state index contributed by atoms with van der Waals surface area (Å²) in [7, 11) is 0. The molecule has 1 aromatic heterocycles. The van der Waals surface area contributed by atoms with E-state index < -0.39 is 5.91 Å².